The van der Waals surface area contributed by atoms with Crippen molar-refractivity contribution in [3.8, 4) is 12.3 Å². The fourth-order valence-corrected chi connectivity index (χ4v) is 1.34. The van der Waals surface area contributed by atoms with Crippen molar-refractivity contribution in [2.24, 2.45) is 0 Å². The van der Waals surface area contributed by atoms with E-state index in [-0.39, 0.29) is 6.61 Å². The minimum absolute atomic E-state index is 0.0191. The number of amides is 1. The minimum Gasteiger partial charge on any atom is -0.436 e. The lowest BCUT2D eigenvalue weighted by molar-refractivity contribution is 0.176. The monoisotopic (exact) mass is 221 g/mol. The lowest BCUT2D eigenvalue weighted by Gasteiger charge is -2.04. The maximum Gasteiger partial charge on any atom is 0.412 e. The molecule has 1 aromatic carbocycles. The summed E-state index contributed by atoms with van der Waals surface area (Å²) in [5, 5.41) is 2.56. The zero-order valence-electron chi connectivity index (χ0n) is 8.32. The average molecular weight is 221 g/mol. The molecule has 1 N–H and O–H groups in total. The highest BCUT2D eigenvalue weighted by Gasteiger charge is 2.01. The van der Waals surface area contributed by atoms with Gasteiger partial charge in [-0.2, -0.15) is 0 Å². The highest BCUT2D eigenvalue weighted by Crippen LogP contribution is 2.17. The molecule has 0 unspecified atom stereocenters. The van der Waals surface area contributed by atoms with Crippen LogP contribution in [0.5, 0.6) is 0 Å². The number of anilines is 1. The molecule has 0 aliphatic heterocycles. The summed E-state index contributed by atoms with van der Waals surface area (Å²) in [6.07, 6.45) is 6.40. The number of carbonyl (C=O) groups is 1. The van der Waals surface area contributed by atoms with Crippen LogP contribution >= 0.6 is 11.8 Å². The van der Waals surface area contributed by atoms with Crippen molar-refractivity contribution in [3.05, 3.63) is 24.3 Å². The van der Waals surface area contributed by atoms with E-state index in [1.807, 2.05) is 30.5 Å². The van der Waals surface area contributed by atoms with Gasteiger partial charge in [0.15, 0.2) is 6.61 Å². The van der Waals surface area contributed by atoms with Crippen LogP contribution in [0, 0.1) is 12.3 Å². The molecule has 0 atom stereocenters. The van der Waals surface area contributed by atoms with Crippen LogP contribution in [0.15, 0.2) is 29.2 Å². The quantitative estimate of drug-likeness (QED) is 0.629. The van der Waals surface area contributed by atoms with Gasteiger partial charge in [0.25, 0.3) is 0 Å². The molecule has 15 heavy (non-hydrogen) atoms. The van der Waals surface area contributed by atoms with Crippen LogP contribution in [0.2, 0.25) is 0 Å². The zero-order valence-corrected chi connectivity index (χ0v) is 9.14. The van der Waals surface area contributed by atoms with Crippen LogP contribution in [0.1, 0.15) is 0 Å². The van der Waals surface area contributed by atoms with Crippen LogP contribution in [0.4, 0.5) is 10.5 Å². The number of ether oxygens (including phenoxy) is 1. The zero-order chi connectivity index (χ0) is 11.1. The van der Waals surface area contributed by atoms with Crippen LogP contribution < -0.4 is 5.32 Å². The van der Waals surface area contributed by atoms with Crippen molar-refractivity contribution in [2.45, 2.75) is 4.90 Å². The molecule has 0 aromatic heterocycles. The highest BCUT2D eigenvalue weighted by molar-refractivity contribution is 7.98. The number of hydrogen-bond acceptors (Lipinski definition) is 3. The molecule has 3 nitrogen and oxygen atoms in total. The number of carbonyl (C=O) groups excluding carboxylic acids is 1. The summed E-state index contributed by atoms with van der Waals surface area (Å²) in [5.74, 6) is 2.22. The maximum absolute atomic E-state index is 11.1. The summed E-state index contributed by atoms with van der Waals surface area (Å²) in [6.45, 7) is -0.0191. The number of benzene rings is 1. The molecule has 0 saturated heterocycles. The van der Waals surface area contributed by atoms with E-state index in [2.05, 4.69) is 16.0 Å². The summed E-state index contributed by atoms with van der Waals surface area (Å²) in [6, 6.07) is 7.45. The number of rotatable bonds is 3. The number of hydrogen-bond donors (Lipinski definition) is 1. The first-order chi connectivity index (χ1) is 7.26. The van der Waals surface area contributed by atoms with Crippen LogP contribution in [0.25, 0.3) is 0 Å². The molecule has 0 saturated carbocycles. The number of terminal acetylenes is 1. The Labute approximate surface area is 93.2 Å². The molecule has 0 spiro atoms. The van der Waals surface area contributed by atoms with Crippen molar-refractivity contribution in [2.75, 3.05) is 18.2 Å². The van der Waals surface area contributed by atoms with E-state index in [0.717, 1.165) is 4.90 Å². The second-order valence-corrected chi connectivity index (χ2v) is 3.51. The molecule has 4 heteroatoms. The Kier molecular flexibility index (Phi) is 4.58. The molecular formula is C11H11NO2S. The molecule has 0 aliphatic carbocycles. The molecule has 0 heterocycles. The van der Waals surface area contributed by atoms with Crippen molar-refractivity contribution >= 4 is 23.5 Å². The summed E-state index contributed by atoms with van der Waals surface area (Å²) in [5.41, 5.74) is 0.690. The third-order valence-electron chi connectivity index (χ3n) is 1.62. The van der Waals surface area contributed by atoms with Gasteiger partial charge >= 0.3 is 6.09 Å². The van der Waals surface area contributed by atoms with Gasteiger partial charge in [0.2, 0.25) is 0 Å². The molecule has 78 valence electrons. The largest absolute Gasteiger partial charge is 0.436 e. The number of nitrogens with one attached hydrogen (secondary N) is 1. The maximum atomic E-state index is 11.1. The summed E-state index contributed by atoms with van der Waals surface area (Å²) < 4.78 is 4.66. The van der Waals surface area contributed by atoms with Crippen molar-refractivity contribution in [1.29, 1.82) is 0 Å². The van der Waals surface area contributed by atoms with E-state index in [4.69, 9.17) is 6.42 Å². The van der Waals surface area contributed by atoms with E-state index in [1.165, 1.54) is 0 Å². The van der Waals surface area contributed by atoms with Gasteiger partial charge in [-0.25, -0.2) is 4.79 Å². The minimum atomic E-state index is -0.537. The molecule has 1 rings (SSSR count). The van der Waals surface area contributed by atoms with E-state index in [0.29, 0.717) is 5.69 Å². The predicted octanol–water partition coefficient (Wildman–Crippen LogP) is 2.59. The van der Waals surface area contributed by atoms with E-state index in [1.54, 1.807) is 11.8 Å². The fourth-order valence-electron chi connectivity index (χ4n) is 0.936. The Morgan fingerprint density at radius 2 is 2.20 bits per heavy atom. The SMILES string of the molecule is C#CCOC(=O)Nc1ccc(SC)cc1. The molecule has 1 amide bonds. The van der Waals surface area contributed by atoms with Crippen molar-refractivity contribution in [1.82, 2.24) is 0 Å². The number of thioether (sulfide) groups is 1. The normalized spacial score (nSPS) is 9.07. The first-order valence-electron chi connectivity index (χ1n) is 4.27. The Bertz CT molecular complexity index is 367. The van der Waals surface area contributed by atoms with Gasteiger partial charge < -0.3 is 4.74 Å². The summed E-state index contributed by atoms with van der Waals surface area (Å²) >= 11 is 1.64. The highest BCUT2D eigenvalue weighted by atomic mass is 32.2. The van der Waals surface area contributed by atoms with Crippen molar-refractivity contribution < 1.29 is 9.53 Å². The lowest BCUT2D eigenvalue weighted by Crippen LogP contribution is -2.13. The Morgan fingerprint density at radius 3 is 2.73 bits per heavy atom. The molecule has 0 bridgehead atoms. The van der Waals surface area contributed by atoms with Gasteiger partial charge in [-0.3, -0.25) is 5.32 Å². The van der Waals surface area contributed by atoms with E-state index >= 15 is 0 Å². The first kappa shape index (κ1) is 11.5. The van der Waals surface area contributed by atoms with E-state index < -0.39 is 6.09 Å². The van der Waals surface area contributed by atoms with Crippen LogP contribution in [-0.2, 0) is 4.74 Å². The van der Waals surface area contributed by atoms with Gasteiger partial charge in [-0.05, 0) is 30.5 Å². The van der Waals surface area contributed by atoms with Crippen LogP contribution in [0.3, 0.4) is 0 Å². The summed E-state index contributed by atoms with van der Waals surface area (Å²) in [4.78, 5) is 12.2. The molecule has 1 aromatic rings. The van der Waals surface area contributed by atoms with Gasteiger partial charge in [0.05, 0.1) is 0 Å². The molecule has 0 fully saturated rings. The molecule has 0 radical (unpaired) electrons. The predicted molar refractivity (Wildman–Crippen MR) is 62.0 cm³/mol. The Balaban J connectivity index is 2.50. The Hall–Kier alpha value is -1.60. The topological polar surface area (TPSA) is 38.3 Å². The molecule has 0 aliphatic rings. The van der Waals surface area contributed by atoms with E-state index in [9.17, 15) is 4.79 Å². The van der Waals surface area contributed by atoms with Gasteiger partial charge in [0, 0.05) is 10.6 Å². The average Bonchev–Trinajstić information content (AvgIpc) is 2.27. The third-order valence-corrected chi connectivity index (χ3v) is 2.37. The Morgan fingerprint density at radius 1 is 1.53 bits per heavy atom. The smallest absolute Gasteiger partial charge is 0.412 e. The molecular weight excluding hydrogens is 210 g/mol. The second-order valence-electron chi connectivity index (χ2n) is 2.63. The van der Waals surface area contributed by atoms with Gasteiger partial charge in [-0.15, -0.1) is 18.2 Å². The standard InChI is InChI=1S/C11H11NO2S/c1-3-8-14-11(13)12-9-4-6-10(15-2)7-5-9/h1,4-7H,8H2,2H3,(H,12,13). The van der Waals surface area contributed by atoms with Gasteiger partial charge in [-0.1, -0.05) is 5.92 Å². The third kappa shape index (κ3) is 3.96. The van der Waals surface area contributed by atoms with Crippen molar-refractivity contribution in [3.63, 3.8) is 0 Å². The summed E-state index contributed by atoms with van der Waals surface area (Å²) in [7, 11) is 0. The van der Waals surface area contributed by atoms with Crippen LogP contribution in [-0.4, -0.2) is 19.0 Å². The fraction of sp³-hybridized carbons (Fsp3) is 0.182. The lowest BCUT2D eigenvalue weighted by atomic mass is 10.3. The van der Waals surface area contributed by atoms with Gasteiger partial charge in [0.1, 0.15) is 0 Å². The second kappa shape index (κ2) is 5.99. The first-order valence-corrected chi connectivity index (χ1v) is 5.50.